The van der Waals surface area contributed by atoms with Crippen molar-refractivity contribution in [1.82, 2.24) is 0 Å². The molecule has 0 aliphatic rings. The molecule has 0 aliphatic heterocycles. The molecule has 0 atom stereocenters. The van der Waals surface area contributed by atoms with E-state index in [0.29, 0.717) is 0 Å². The van der Waals surface area contributed by atoms with E-state index in [1.54, 1.807) is 0 Å². The number of rotatable bonds is 39. The van der Waals surface area contributed by atoms with Crippen LogP contribution in [0.15, 0.2) is 30.3 Å². The van der Waals surface area contributed by atoms with Gasteiger partial charge in [-0.15, -0.1) is 21.9 Å². The summed E-state index contributed by atoms with van der Waals surface area (Å²) in [4.78, 5) is 2.67. The van der Waals surface area contributed by atoms with Crippen LogP contribution in [-0.4, -0.2) is 19.2 Å². The van der Waals surface area contributed by atoms with Gasteiger partial charge in [-0.1, -0.05) is 225 Å². The number of benzene rings is 5. The Morgan fingerprint density at radius 3 is 0.557 bits per heavy atom. The van der Waals surface area contributed by atoms with Crippen LogP contribution in [0.25, 0.3) is 0 Å². The summed E-state index contributed by atoms with van der Waals surface area (Å²) in [5, 5.41) is 0. The molecule has 0 heterocycles. The summed E-state index contributed by atoms with van der Waals surface area (Å²) in [6, 6.07) is 11.2. The average Bonchev–Trinajstić information content (AvgIpc) is 0.755. The molecule has 0 N–H and O–H groups in total. The van der Waals surface area contributed by atoms with Crippen molar-refractivity contribution >= 4 is 33.7 Å². The van der Waals surface area contributed by atoms with E-state index in [9.17, 15) is 52.7 Å². The van der Waals surface area contributed by atoms with E-state index in [-0.39, 0.29) is 0 Å². The summed E-state index contributed by atoms with van der Waals surface area (Å²) in [6.07, 6.45) is 39.0. The zero-order valence-electron chi connectivity index (χ0n) is 50.0. The van der Waals surface area contributed by atoms with Gasteiger partial charge >= 0.3 is 0 Å². The molecular formula is C66H79BF20N-. The van der Waals surface area contributed by atoms with Gasteiger partial charge in [-0.3, -0.25) is 0 Å². The monoisotopic (exact) mass is 1280 g/mol. The van der Waals surface area contributed by atoms with E-state index >= 15 is 35.1 Å². The van der Waals surface area contributed by atoms with Crippen molar-refractivity contribution in [3.05, 3.63) is 147 Å². The highest BCUT2D eigenvalue weighted by Crippen LogP contribution is 2.31. The third kappa shape index (κ3) is 19.3. The lowest BCUT2D eigenvalue weighted by Gasteiger charge is -2.44. The molecule has 5 aromatic rings. The number of nitrogens with zero attached hydrogens (tertiary/aromatic N) is 1. The molecule has 88 heavy (non-hydrogen) atoms. The van der Waals surface area contributed by atoms with Gasteiger partial charge in [-0.2, -0.15) is 0 Å². The zero-order chi connectivity index (χ0) is 65.1. The fraction of sp³-hybridized carbons (Fsp3) is 0.545. The Hall–Kier alpha value is -5.44. The molecule has 0 radical (unpaired) electrons. The van der Waals surface area contributed by atoms with E-state index in [4.69, 9.17) is 0 Å². The van der Waals surface area contributed by atoms with Crippen molar-refractivity contribution < 1.29 is 87.8 Å². The first-order valence-electron chi connectivity index (χ1n) is 31.1. The van der Waals surface area contributed by atoms with Crippen molar-refractivity contribution in [2.75, 3.05) is 18.0 Å². The van der Waals surface area contributed by atoms with Gasteiger partial charge in [0.1, 0.15) is 52.7 Å². The second kappa shape index (κ2) is 38.3. The minimum atomic E-state index is -7.22. The number of anilines is 1. The van der Waals surface area contributed by atoms with Crippen LogP contribution in [0.2, 0.25) is 0 Å². The van der Waals surface area contributed by atoms with E-state index < -0.39 is 144 Å². The lowest BCUT2D eigenvalue weighted by Crippen LogP contribution is -2.81. The molecule has 0 aliphatic carbocycles. The van der Waals surface area contributed by atoms with Gasteiger partial charge in [-0.25, -0.2) is 87.8 Å². The Morgan fingerprint density at radius 1 is 0.216 bits per heavy atom. The lowest BCUT2D eigenvalue weighted by atomic mass is 9.12. The van der Waals surface area contributed by atoms with Gasteiger partial charge in [0, 0.05) is 18.8 Å². The first-order chi connectivity index (χ1) is 42.1. The van der Waals surface area contributed by atoms with E-state index in [2.05, 4.69) is 49.1 Å². The molecule has 0 amide bonds. The Kier molecular flexibility index (Phi) is 32.7. The number of halogens is 20. The summed E-state index contributed by atoms with van der Waals surface area (Å²) >= 11 is 0. The predicted octanol–water partition coefficient (Wildman–Crippen LogP) is 20.9. The van der Waals surface area contributed by atoms with Gasteiger partial charge in [0.2, 0.25) is 0 Å². The molecule has 0 spiro atoms. The summed E-state index contributed by atoms with van der Waals surface area (Å²) in [5.41, 5.74) is -12.9. The maximum atomic E-state index is 15.4. The van der Waals surface area contributed by atoms with Crippen LogP contribution < -0.4 is 26.8 Å². The van der Waals surface area contributed by atoms with Gasteiger partial charge in [0.25, 0.3) is 0 Å². The fourth-order valence-corrected chi connectivity index (χ4v) is 11.6. The van der Waals surface area contributed by atoms with E-state index in [1.165, 1.54) is 224 Å². The van der Waals surface area contributed by atoms with Crippen LogP contribution in [0.4, 0.5) is 93.5 Å². The smallest absolute Gasteiger partial charge is 0.200 e. The number of para-hydroxylation sites is 1. The van der Waals surface area contributed by atoms with Crippen molar-refractivity contribution in [2.24, 2.45) is 0 Å². The molecule has 5 aromatic carbocycles. The predicted molar refractivity (Wildman–Crippen MR) is 307 cm³/mol. The molecule has 492 valence electrons. The Labute approximate surface area is 504 Å². The van der Waals surface area contributed by atoms with Crippen LogP contribution in [0.3, 0.4) is 0 Å². The van der Waals surface area contributed by atoms with Gasteiger partial charge in [-0.05, 0) is 25.0 Å². The largest absolute Gasteiger partial charge is 0.372 e. The SMILES string of the molecule is CCCCCCCCCCCCCCCCCCN(CCCCCCCCCCCCCCCCCC)c1ccccc1.Fc1c(F)c(F)c([B-](c2c(F)c(F)c(F)c(F)c2F)(c2c(F)c(F)c(F)c(F)c2F)c2c(F)c(F)c(F)c(F)c2F)c(F)c1F. The minimum Gasteiger partial charge on any atom is -0.372 e. The van der Waals surface area contributed by atoms with Crippen LogP contribution in [-0.2, 0) is 0 Å². The third-order valence-corrected chi connectivity index (χ3v) is 16.4. The minimum absolute atomic E-state index is 1.24. The Bertz CT molecular complexity index is 2520. The number of hydrogen-bond acceptors (Lipinski definition) is 1. The Morgan fingerprint density at radius 2 is 0.375 bits per heavy atom. The summed E-state index contributed by atoms with van der Waals surface area (Å²) in [5.74, 6) is -71.4. The molecule has 22 heteroatoms. The van der Waals surface area contributed by atoms with Gasteiger partial charge in [0.05, 0.1) is 0 Å². The molecular weight excluding hydrogens is 1200 g/mol. The van der Waals surface area contributed by atoms with Gasteiger partial charge < -0.3 is 4.90 Å². The second-order valence-electron chi connectivity index (χ2n) is 22.7. The maximum absolute atomic E-state index is 15.4. The number of unbranched alkanes of at least 4 members (excludes halogenated alkanes) is 30. The highest BCUT2D eigenvalue weighted by atomic mass is 19.2. The van der Waals surface area contributed by atoms with Crippen LogP contribution in [0.5, 0.6) is 0 Å². The maximum Gasteiger partial charge on any atom is 0.200 e. The molecule has 0 saturated carbocycles. The highest BCUT2D eigenvalue weighted by Gasteiger charge is 2.52. The first-order valence-corrected chi connectivity index (χ1v) is 31.1. The van der Waals surface area contributed by atoms with E-state index in [0.717, 1.165) is 0 Å². The fourth-order valence-electron chi connectivity index (χ4n) is 11.6. The Balaban J connectivity index is 0.000000377. The zero-order valence-corrected chi connectivity index (χ0v) is 50.0. The standard InChI is InChI=1S/C42H79N.C24BF20/c1-3-5-7-9-11-13-15-17-19-21-23-25-27-29-31-36-40-43(42-38-34-33-35-39-42)41-37-32-30-28-26-24-22-20-18-16-14-12-10-8-6-4-2;26-5-1(6(27)14(35)21(42)13(5)34)25(2-7(28)15(36)22(43)16(37)8(2)29,3-9(30)17(38)23(44)18(39)10(3)31)4-11(32)19(40)24(45)20(41)12(4)33/h33-35,38-39H,3-32,36-37,40-41H2,1-2H3;/q;-1. The van der Waals surface area contributed by atoms with Crippen molar-refractivity contribution in [2.45, 2.75) is 219 Å². The summed E-state index contributed by atoms with van der Waals surface area (Å²) in [6.45, 7) is 7.09. The lowest BCUT2D eigenvalue weighted by molar-refractivity contribution is 0.378. The average molecular weight is 1280 g/mol. The summed E-state index contributed by atoms with van der Waals surface area (Å²) in [7, 11) is 0. The van der Waals surface area contributed by atoms with E-state index in [1.807, 2.05) is 0 Å². The van der Waals surface area contributed by atoms with Crippen LogP contribution in [0, 0.1) is 116 Å². The molecule has 0 saturated heterocycles. The molecule has 0 aromatic heterocycles. The van der Waals surface area contributed by atoms with Crippen LogP contribution in [0.1, 0.15) is 219 Å². The van der Waals surface area contributed by atoms with Crippen LogP contribution >= 0.6 is 0 Å². The third-order valence-electron chi connectivity index (χ3n) is 16.4. The molecule has 0 fully saturated rings. The van der Waals surface area contributed by atoms with Crippen molar-refractivity contribution in [1.29, 1.82) is 0 Å². The molecule has 0 bridgehead atoms. The molecule has 0 unspecified atom stereocenters. The molecule has 5 rings (SSSR count). The quantitative estimate of drug-likeness (QED) is 0.0125. The van der Waals surface area contributed by atoms with Crippen molar-refractivity contribution in [3.8, 4) is 0 Å². The highest BCUT2D eigenvalue weighted by molar-refractivity contribution is 7.20. The normalized spacial score (nSPS) is 11.7. The second-order valence-corrected chi connectivity index (χ2v) is 22.7. The summed E-state index contributed by atoms with van der Waals surface area (Å²) < 4.78 is 294. The first kappa shape index (κ1) is 75.0. The van der Waals surface area contributed by atoms with Gasteiger partial charge in [0.15, 0.2) is 69.8 Å². The van der Waals surface area contributed by atoms with Crippen molar-refractivity contribution in [3.63, 3.8) is 0 Å². The number of hydrogen-bond donors (Lipinski definition) is 0. The topological polar surface area (TPSA) is 3.24 Å². The molecule has 1 nitrogen and oxygen atoms in total.